The number of carboxylic acids is 2. The number of nitrogens with one attached hydrogen (secondary N) is 2. The minimum atomic E-state index is -1.15. The van der Waals surface area contributed by atoms with Crippen LogP contribution < -0.4 is 16.4 Å². The Hall–Kier alpha value is -2.16. The van der Waals surface area contributed by atoms with E-state index < -0.39 is 42.4 Å². The Morgan fingerprint density at radius 2 is 1.73 bits per heavy atom. The molecule has 0 aromatic heterocycles. The first-order valence-electron chi connectivity index (χ1n) is 6.90. The third-order valence-electron chi connectivity index (χ3n) is 2.77. The maximum Gasteiger partial charge on any atom is 0.326 e. The van der Waals surface area contributed by atoms with E-state index in [2.05, 4.69) is 10.6 Å². The van der Waals surface area contributed by atoms with Crippen LogP contribution in [0.15, 0.2) is 0 Å². The average Bonchev–Trinajstić information content (AvgIpc) is 2.40. The van der Waals surface area contributed by atoms with E-state index in [0.717, 1.165) is 0 Å². The normalized spacial score (nSPS) is 13.3. The van der Waals surface area contributed by atoms with Gasteiger partial charge in [0.2, 0.25) is 11.8 Å². The summed E-state index contributed by atoms with van der Waals surface area (Å²) in [4.78, 5) is 44.5. The van der Waals surface area contributed by atoms with Gasteiger partial charge in [-0.15, -0.1) is 0 Å². The van der Waals surface area contributed by atoms with Crippen LogP contribution in [0.1, 0.15) is 33.1 Å². The summed E-state index contributed by atoms with van der Waals surface area (Å²) in [6.07, 6.45) is -0.0305. The summed E-state index contributed by atoms with van der Waals surface area (Å²) in [5, 5.41) is 22.0. The Labute approximate surface area is 128 Å². The highest BCUT2D eigenvalue weighted by Gasteiger charge is 2.22. The highest BCUT2D eigenvalue weighted by Crippen LogP contribution is 2.04. The number of aliphatic carboxylic acids is 2. The summed E-state index contributed by atoms with van der Waals surface area (Å²) < 4.78 is 0. The van der Waals surface area contributed by atoms with Gasteiger partial charge in [-0.2, -0.15) is 0 Å². The van der Waals surface area contributed by atoms with Crippen LogP contribution in [0.25, 0.3) is 0 Å². The molecule has 0 radical (unpaired) electrons. The van der Waals surface area contributed by atoms with Crippen LogP contribution in [0.4, 0.5) is 0 Å². The lowest BCUT2D eigenvalue weighted by atomic mass is 10.0. The molecule has 0 fully saturated rings. The zero-order chi connectivity index (χ0) is 17.3. The molecular formula is C13H23N3O6. The lowest BCUT2D eigenvalue weighted by Gasteiger charge is -2.17. The standard InChI is InChI=1S/C13H23N3O6/c1-7(2)5-9(13(21)22)16-10(17)6-15-12(20)8(14)3-4-11(18)19/h7-9H,3-6,14H2,1-2H3,(H,15,20)(H,16,17)(H,18,19)(H,21,22)/t8-,9-/m0/s1. The molecule has 2 atom stereocenters. The van der Waals surface area contributed by atoms with E-state index in [0.29, 0.717) is 0 Å². The van der Waals surface area contributed by atoms with Crippen molar-refractivity contribution in [1.82, 2.24) is 10.6 Å². The van der Waals surface area contributed by atoms with E-state index in [-0.39, 0.29) is 25.2 Å². The van der Waals surface area contributed by atoms with Crippen molar-refractivity contribution in [3.8, 4) is 0 Å². The maximum absolute atomic E-state index is 11.6. The van der Waals surface area contributed by atoms with Gasteiger partial charge in [0.1, 0.15) is 6.04 Å². The van der Waals surface area contributed by atoms with Gasteiger partial charge >= 0.3 is 11.9 Å². The van der Waals surface area contributed by atoms with Gasteiger partial charge in [0.25, 0.3) is 0 Å². The minimum Gasteiger partial charge on any atom is -0.481 e. The second kappa shape index (κ2) is 9.72. The van der Waals surface area contributed by atoms with Crippen molar-refractivity contribution < 1.29 is 29.4 Å². The van der Waals surface area contributed by atoms with Gasteiger partial charge in [0, 0.05) is 6.42 Å². The summed E-state index contributed by atoms with van der Waals surface area (Å²) >= 11 is 0. The second-order valence-electron chi connectivity index (χ2n) is 5.34. The molecular weight excluding hydrogens is 294 g/mol. The van der Waals surface area contributed by atoms with Crippen LogP contribution in [-0.2, 0) is 19.2 Å². The van der Waals surface area contributed by atoms with Crippen molar-refractivity contribution in [3.05, 3.63) is 0 Å². The van der Waals surface area contributed by atoms with E-state index in [9.17, 15) is 19.2 Å². The van der Waals surface area contributed by atoms with Crippen molar-refractivity contribution in [2.24, 2.45) is 11.7 Å². The minimum absolute atomic E-state index is 0.0477. The molecule has 9 heteroatoms. The molecule has 0 unspecified atom stereocenters. The Kier molecular flexibility index (Phi) is 8.76. The quantitative estimate of drug-likeness (QED) is 0.342. The van der Waals surface area contributed by atoms with Crippen molar-refractivity contribution in [1.29, 1.82) is 0 Å². The summed E-state index contributed by atoms with van der Waals surface area (Å²) in [6.45, 7) is 3.23. The Bertz CT molecular complexity index is 424. The number of carbonyl (C=O) groups excluding carboxylic acids is 2. The molecule has 6 N–H and O–H groups in total. The number of nitrogens with two attached hydrogens (primary N) is 1. The highest BCUT2D eigenvalue weighted by atomic mass is 16.4. The molecule has 0 saturated carbocycles. The molecule has 0 aromatic carbocycles. The number of amides is 2. The third kappa shape index (κ3) is 8.90. The van der Waals surface area contributed by atoms with Gasteiger partial charge in [0.05, 0.1) is 12.6 Å². The molecule has 2 amide bonds. The Morgan fingerprint density at radius 1 is 1.14 bits per heavy atom. The smallest absolute Gasteiger partial charge is 0.326 e. The van der Waals surface area contributed by atoms with Gasteiger partial charge in [0.15, 0.2) is 0 Å². The third-order valence-corrected chi connectivity index (χ3v) is 2.77. The van der Waals surface area contributed by atoms with Gasteiger partial charge in [-0.05, 0) is 18.8 Å². The number of hydrogen-bond acceptors (Lipinski definition) is 5. The molecule has 0 aliphatic heterocycles. The van der Waals surface area contributed by atoms with Gasteiger partial charge in [-0.25, -0.2) is 4.79 Å². The van der Waals surface area contributed by atoms with Gasteiger partial charge < -0.3 is 26.6 Å². The summed E-state index contributed by atoms with van der Waals surface area (Å²) in [5.41, 5.74) is 5.47. The fourth-order valence-corrected chi connectivity index (χ4v) is 1.65. The molecule has 22 heavy (non-hydrogen) atoms. The number of hydrogen-bond donors (Lipinski definition) is 5. The second-order valence-corrected chi connectivity index (χ2v) is 5.34. The molecule has 0 bridgehead atoms. The molecule has 126 valence electrons. The molecule has 0 spiro atoms. The zero-order valence-electron chi connectivity index (χ0n) is 12.7. The van der Waals surface area contributed by atoms with Crippen LogP contribution in [0.5, 0.6) is 0 Å². The molecule has 0 aliphatic rings. The molecule has 9 nitrogen and oxygen atoms in total. The average molecular weight is 317 g/mol. The number of carbonyl (C=O) groups is 4. The topological polar surface area (TPSA) is 159 Å². The van der Waals surface area contributed by atoms with Crippen LogP contribution >= 0.6 is 0 Å². The van der Waals surface area contributed by atoms with Crippen molar-refractivity contribution in [3.63, 3.8) is 0 Å². The lowest BCUT2D eigenvalue weighted by molar-refractivity contribution is -0.142. The predicted molar refractivity (Wildman–Crippen MR) is 76.9 cm³/mol. The first-order chi connectivity index (χ1) is 10.1. The molecule has 0 aliphatic carbocycles. The van der Waals surface area contributed by atoms with Crippen LogP contribution in [0.3, 0.4) is 0 Å². The van der Waals surface area contributed by atoms with Crippen LogP contribution in [0.2, 0.25) is 0 Å². The van der Waals surface area contributed by atoms with Crippen LogP contribution in [-0.4, -0.2) is 52.6 Å². The van der Waals surface area contributed by atoms with E-state index in [1.807, 2.05) is 13.8 Å². The first kappa shape index (κ1) is 19.8. The lowest BCUT2D eigenvalue weighted by Crippen LogP contribution is -2.48. The molecule has 0 saturated heterocycles. The van der Waals surface area contributed by atoms with E-state index >= 15 is 0 Å². The van der Waals surface area contributed by atoms with Crippen molar-refractivity contribution >= 4 is 23.8 Å². The summed E-state index contributed by atoms with van der Waals surface area (Å²) in [6, 6.07) is -2.06. The predicted octanol–water partition coefficient (Wildman–Crippen LogP) is -1.09. The summed E-state index contributed by atoms with van der Waals surface area (Å²) in [5.74, 6) is -3.44. The zero-order valence-corrected chi connectivity index (χ0v) is 12.7. The van der Waals surface area contributed by atoms with Crippen LogP contribution in [0, 0.1) is 5.92 Å². The highest BCUT2D eigenvalue weighted by molar-refractivity contribution is 5.89. The monoisotopic (exact) mass is 317 g/mol. The summed E-state index contributed by atoms with van der Waals surface area (Å²) in [7, 11) is 0. The number of carboxylic acid groups (broad SMARTS) is 2. The first-order valence-corrected chi connectivity index (χ1v) is 6.90. The van der Waals surface area contributed by atoms with Gasteiger partial charge in [-0.1, -0.05) is 13.8 Å². The van der Waals surface area contributed by atoms with Crippen molar-refractivity contribution in [2.45, 2.75) is 45.2 Å². The number of rotatable bonds is 10. The SMILES string of the molecule is CC(C)C[C@H](NC(=O)CNC(=O)[C@@H](N)CCC(=O)O)C(=O)O. The van der Waals surface area contributed by atoms with E-state index in [1.165, 1.54) is 0 Å². The molecule has 0 rings (SSSR count). The van der Waals surface area contributed by atoms with Crippen molar-refractivity contribution in [2.75, 3.05) is 6.54 Å². The largest absolute Gasteiger partial charge is 0.481 e. The maximum atomic E-state index is 11.6. The Balaban J connectivity index is 4.22. The fraction of sp³-hybridized carbons (Fsp3) is 0.692. The van der Waals surface area contributed by atoms with E-state index in [4.69, 9.17) is 15.9 Å². The molecule has 0 aromatic rings. The Morgan fingerprint density at radius 3 is 2.18 bits per heavy atom. The molecule has 0 heterocycles. The van der Waals surface area contributed by atoms with E-state index in [1.54, 1.807) is 0 Å². The van der Waals surface area contributed by atoms with Gasteiger partial charge in [-0.3, -0.25) is 14.4 Å². The fourth-order valence-electron chi connectivity index (χ4n) is 1.65.